The number of halogens is 4. The minimum atomic E-state index is -0.416. The quantitative estimate of drug-likeness (QED) is 0.717. The summed E-state index contributed by atoms with van der Waals surface area (Å²) < 4.78 is 5.05. The van der Waals surface area contributed by atoms with Gasteiger partial charge in [0.1, 0.15) is 0 Å². The summed E-state index contributed by atoms with van der Waals surface area (Å²) in [7, 11) is 2.91. The first-order valence-corrected chi connectivity index (χ1v) is 8.77. The zero-order valence-electron chi connectivity index (χ0n) is 13.8. The molecule has 26 heavy (non-hydrogen) atoms. The van der Waals surface area contributed by atoms with Gasteiger partial charge in [-0.15, -0.1) is 0 Å². The lowest BCUT2D eigenvalue weighted by Crippen LogP contribution is -2.35. The predicted molar refractivity (Wildman–Crippen MR) is 105 cm³/mol. The van der Waals surface area contributed by atoms with E-state index in [2.05, 4.69) is 5.32 Å². The van der Waals surface area contributed by atoms with E-state index in [1.165, 1.54) is 37.3 Å². The number of carbonyl (C=O) groups excluding carboxylic acids is 2. The number of carbonyl (C=O) groups is 2. The summed E-state index contributed by atoms with van der Waals surface area (Å²) >= 11 is 23.8. The third kappa shape index (κ3) is 4.95. The van der Waals surface area contributed by atoms with E-state index in [1.807, 2.05) is 0 Å². The molecule has 0 saturated carbocycles. The van der Waals surface area contributed by atoms with Gasteiger partial charge in [0, 0.05) is 18.3 Å². The maximum atomic E-state index is 12.5. The molecule has 0 aliphatic carbocycles. The van der Waals surface area contributed by atoms with Crippen LogP contribution in [0, 0.1) is 0 Å². The van der Waals surface area contributed by atoms with Crippen LogP contribution in [0.1, 0.15) is 10.4 Å². The van der Waals surface area contributed by atoms with Crippen molar-refractivity contribution in [2.24, 2.45) is 0 Å². The first-order chi connectivity index (χ1) is 12.2. The van der Waals surface area contributed by atoms with Crippen molar-refractivity contribution in [1.82, 2.24) is 4.90 Å². The van der Waals surface area contributed by atoms with E-state index in [4.69, 9.17) is 51.1 Å². The van der Waals surface area contributed by atoms with Crippen LogP contribution < -0.4 is 10.1 Å². The van der Waals surface area contributed by atoms with Crippen LogP contribution in [0.3, 0.4) is 0 Å². The molecule has 2 amide bonds. The number of hydrogen-bond donors (Lipinski definition) is 1. The van der Waals surface area contributed by atoms with Crippen LogP contribution in [-0.4, -0.2) is 37.4 Å². The van der Waals surface area contributed by atoms with Gasteiger partial charge in [-0.3, -0.25) is 9.59 Å². The fourth-order valence-corrected chi connectivity index (χ4v) is 3.10. The van der Waals surface area contributed by atoms with Gasteiger partial charge in [0.25, 0.3) is 5.91 Å². The Hall–Kier alpha value is -1.66. The van der Waals surface area contributed by atoms with E-state index in [0.29, 0.717) is 15.7 Å². The van der Waals surface area contributed by atoms with Gasteiger partial charge in [-0.25, -0.2) is 0 Å². The summed E-state index contributed by atoms with van der Waals surface area (Å²) in [6.45, 7) is -0.180. The van der Waals surface area contributed by atoms with Gasteiger partial charge in [-0.2, -0.15) is 0 Å². The SMILES string of the molecule is COc1c(Cl)cc(C(=O)N(C)CC(=O)Nc2ccc(Cl)c(Cl)c2)cc1Cl. The van der Waals surface area contributed by atoms with Gasteiger partial charge in [0.2, 0.25) is 5.91 Å². The second-order valence-corrected chi connectivity index (χ2v) is 6.94. The van der Waals surface area contributed by atoms with E-state index in [9.17, 15) is 9.59 Å². The van der Waals surface area contributed by atoms with Gasteiger partial charge in [-0.1, -0.05) is 46.4 Å². The van der Waals surface area contributed by atoms with Crippen molar-refractivity contribution < 1.29 is 14.3 Å². The minimum absolute atomic E-state index is 0.180. The van der Waals surface area contributed by atoms with Crippen molar-refractivity contribution in [3.05, 3.63) is 56.0 Å². The van der Waals surface area contributed by atoms with Crippen molar-refractivity contribution >= 4 is 63.9 Å². The summed E-state index contributed by atoms with van der Waals surface area (Å²) in [5.41, 5.74) is 0.714. The number of nitrogens with one attached hydrogen (secondary N) is 1. The molecule has 2 rings (SSSR count). The van der Waals surface area contributed by atoms with Crippen molar-refractivity contribution in [3.8, 4) is 5.75 Å². The molecule has 5 nitrogen and oxygen atoms in total. The second kappa shape index (κ2) is 8.82. The van der Waals surface area contributed by atoms with Crippen LogP contribution in [0.5, 0.6) is 5.75 Å². The summed E-state index contributed by atoms with van der Waals surface area (Å²) in [5, 5.41) is 3.75. The normalized spacial score (nSPS) is 10.4. The van der Waals surface area contributed by atoms with E-state index in [1.54, 1.807) is 12.1 Å². The molecule has 0 heterocycles. The minimum Gasteiger partial charge on any atom is -0.494 e. The number of rotatable bonds is 5. The lowest BCUT2D eigenvalue weighted by atomic mass is 10.2. The number of amides is 2. The Balaban J connectivity index is 2.06. The van der Waals surface area contributed by atoms with E-state index >= 15 is 0 Å². The van der Waals surface area contributed by atoms with E-state index in [-0.39, 0.29) is 27.9 Å². The van der Waals surface area contributed by atoms with Gasteiger partial charge in [0.05, 0.1) is 33.7 Å². The Morgan fingerprint density at radius 1 is 1.00 bits per heavy atom. The number of hydrogen-bond acceptors (Lipinski definition) is 3. The average Bonchev–Trinajstić information content (AvgIpc) is 2.57. The zero-order valence-corrected chi connectivity index (χ0v) is 16.8. The Kier molecular flexibility index (Phi) is 7.01. The molecule has 0 radical (unpaired) electrons. The summed E-state index contributed by atoms with van der Waals surface area (Å²) in [5.74, 6) is -0.532. The summed E-state index contributed by atoms with van der Waals surface area (Å²) in [6.07, 6.45) is 0. The topological polar surface area (TPSA) is 58.6 Å². The van der Waals surface area contributed by atoms with Gasteiger partial charge in [-0.05, 0) is 30.3 Å². The first-order valence-electron chi connectivity index (χ1n) is 7.26. The maximum absolute atomic E-state index is 12.5. The molecule has 0 saturated heterocycles. The number of methoxy groups -OCH3 is 1. The molecule has 0 atom stereocenters. The largest absolute Gasteiger partial charge is 0.494 e. The molecular formula is C17H14Cl4N2O3. The number of anilines is 1. The smallest absolute Gasteiger partial charge is 0.254 e. The Morgan fingerprint density at radius 3 is 2.15 bits per heavy atom. The average molecular weight is 436 g/mol. The molecule has 0 aromatic heterocycles. The zero-order chi connectivity index (χ0) is 19.4. The number of benzene rings is 2. The lowest BCUT2D eigenvalue weighted by Gasteiger charge is -2.18. The Morgan fingerprint density at radius 2 is 1.62 bits per heavy atom. The number of nitrogens with zero attached hydrogens (tertiary/aromatic N) is 1. The number of ether oxygens (including phenoxy) is 1. The lowest BCUT2D eigenvalue weighted by molar-refractivity contribution is -0.116. The monoisotopic (exact) mass is 434 g/mol. The van der Waals surface area contributed by atoms with Crippen LogP contribution in [0.25, 0.3) is 0 Å². The van der Waals surface area contributed by atoms with Crippen LogP contribution in [0.4, 0.5) is 5.69 Å². The molecule has 1 N–H and O–H groups in total. The highest BCUT2D eigenvalue weighted by Gasteiger charge is 2.18. The van der Waals surface area contributed by atoms with Crippen molar-refractivity contribution in [3.63, 3.8) is 0 Å². The van der Waals surface area contributed by atoms with E-state index < -0.39 is 11.8 Å². The second-order valence-electron chi connectivity index (χ2n) is 5.31. The van der Waals surface area contributed by atoms with Gasteiger partial charge in [0.15, 0.2) is 5.75 Å². The van der Waals surface area contributed by atoms with E-state index in [0.717, 1.165) is 0 Å². The molecule has 0 unspecified atom stereocenters. The maximum Gasteiger partial charge on any atom is 0.254 e. The molecule has 0 spiro atoms. The molecule has 0 bridgehead atoms. The van der Waals surface area contributed by atoms with Gasteiger partial charge < -0.3 is 15.0 Å². The Bertz CT molecular complexity index is 835. The fourth-order valence-electron chi connectivity index (χ4n) is 2.16. The third-order valence-electron chi connectivity index (χ3n) is 3.38. The van der Waals surface area contributed by atoms with Crippen molar-refractivity contribution in [1.29, 1.82) is 0 Å². The van der Waals surface area contributed by atoms with Crippen molar-refractivity contribution in [2.75, 3.05) is 26.0 Å². The van der Waals surface area contributed by atoms with Gasteiger partial charge >= 0.3 is 0 Å². The van der Waals surface area contributed by atoms with Crippen molar-refractivity contribution in [2.45, 2.75) is 0 Å². The summed E-state index contributed by atoms with van der Waals surface area (Å²) in [4.78, 5) is 25.9. The van der Waals surface area contributed by atoms with Crippen LogP contribution in [-0.2, 0) is 4.79 Å². The fraction of sp³-hybridized carbons (Fsp3) is 0.176. The highest BCUT2D eigenvalue weighted by Crippen LogP contribution is 2.34. The van der Waals surface area contributed by atoms with Crippen LogP contribution >= 0.6 is 46.4 Å². The standard InChI is InChI=1S/C17H14Cl4N2O3/c1-23(8-15(24)22-10-3-4-11(18)12(19)7-10)17(25)9-5-13(20)16(26-2)14(21)6-9/h3-7H,8H2,1-2H3,(H,22,24). The molecule has 0 aliphatic heterocycles. The molecule has 138 valence electrons. The molecule has 0 aliphatic rings. The van der Waals surface area contributed by atoms with Crippen LogP contribution in [0.15, 0.2) is 30.3 Å². The Labute approximate surface area is 170 Å². The number of likely N-dealkylation sites (N-methyl/N-ethyl adjacent to an activating group) is 1. The summed E-state index contributed by atoms with van der Waals surface area (Å²) in [6, 6.07) is 7.56. The predicted octanol–water partition coefficient (Wildman–Crippen LogP) is 5.02. The molecular weight excluding hydrogens is 422 g/mol. The van der Waals surface area contributed by atoms with Crippen LogP contribution in [0.2, 0.25) is 20.1 Å². The molecule has 2 aromatic carbocycles. The molecule has 2 aromatic rings. The highest BCUT2D eigenvalue weighted by atomic mass is 35.5. The third-order valence-corrected chi connectivity index (χ3v) is 4.68. The highest BCUT2D eigenvalue weighted by molar-refractivity contribution is 6.42. The molecule has 9 heteroatoms. The molecule has 0 fully saturated rings. The first kappa shape index (κ1) is 20.6.